The predicted octanol–water partition coefficient (Wildman–Crippen LogP) is 2.19. The van der Waals surface area contributed by atoms with Crippen molar-refractivity contribution in [2.24, 2.45) is 0 Å². The molecule has 0 radical (unpaired) electrons. The molecule has 2 aromatic rings. The van der Waals surface area contributed by atoms with Crippen LogP contribution in [-0.2, 0) is 13.1 Å². The van der Waals surface area contributed by atoms with E-state index in [0.717, 1.165) is 0 Å². The fourth-order valence-electron chi connectivity index (χ4n) is 1.50. The van der Waals surface area contributed by atoms with Crippen LogP contribution in [0.3, 0.4) is 0 Å². The minimum atomic E-state index is 0.598. The van der Waals surface area contributed by atoms with Gasteiger partial charge < -0.3 is 5.32 Å². The monoisotopic (exact) mass is 261 g/mol. The van der Waals surface area contributed by atoms with Gasteiger partial charge in [0.15, 0.2) is 0 Å². The molecule has 0 bridgehead atoms. The number of hydrogen-bond donors (Lipinski definition) is 1. The smallest absolute Gasteiger partial charge is 0.243 e. The van der Waals surface area contributed by atoms with E-state index < -0.39 is 0 Å². The van der Waals surface area contributed by atoms with E-state index >= 15 is 0 Å². The van der Waals surface area contributed by atoms with Crippen molar-refractivity contribution < 1.29 is 0 Å². The van der Waals surface area contributed by atoms with Crippen LogP contribution in [0, 0.1) is 0 Å². The minimum absolute atomic E-state index is 0.598. The van der Waals surface area contributed by atoms with Crippen molar-refractivity contribution in [3.05, 3.63) is 42.5 Å². The van der Waals surface area contributed by atoms with Gasteiger partial charge in [0.2, 0.25) is 5.95 Å². The van der Waals surface area contributed by atoms with Gasteiger partial charge in [0.05, 0.1) is 6.54 Å². The van der Waals surface area contributed by atoms with E-state index in [1.54, 1.807) is 22.5 Å². The lowest BCUT2D eigenvalue weighted by molar-refractivity contribution is 0.663. The number of anilines is 1. The van der Waals surface area contributed by atoms with Crippen molar-refractivity contribution in [3.63, 3.8) is 0 Å². The largest absolute Gasteiger partial charge is 0.349 e. The van der Waals surface area contributed by atoms with Crippen molar-refractivity contribution in [1.82, 2.24) is 20.2 Å². The average Bonchev–Trinajstić information content (AvgIpc) is 2.85. The van der Waals surface area contributed by atoms with Gasteiger partial charge in [0.25, 0.3) is 0 Å². The van der Waals surface area contributed by atoms with E-state index in [1.165, 1.54) is 10.5 Å². The number of benzene rings is 1. The summed E-state index contributed by atoms with van der Waals surface area (Å²) < 4.78 is 1.67. The molecule has 0 spiro atoms. The van der Waals surface area contributed by atoms with Crippen LogP contribution in [0.25, 0.3) is 0 Å². The number of aromatic nitrogens is 4. The van der Waals surface area contributed by atoms with Gasteiger partial charge >= 0.3 is 0 Å². The maximum atomic E-state index is 3.92. The fourth-order valence-corrected chi connectivity index (χ4v) is 1.91. The molecule has 5 nitrogen and oxygen atoms in total. The maximum absolute atomic E-state index is 3.92. The fraction of sp³-hybridized carbons (Fsp3) is 0.250. The van der Waals surface area contributed by atoms with Crippen LogP contribution < -0.4 is 5.32 Å². The van der Waals surface area contributed by atoms with Gasteiger partial charge in [0, 0.05) is 11.4 Å². The first kappa shape index (κ1) is 12.6. The Bertz CT molecular complexity index is 505. The van der Waals surface area contributed by atoms with E-state index in [-0.39, 0.29) is 0 Å². The zero-order chi connectivity index (χ0) is 12.8. The molecule has 2 rings (SSSR count). The summed E-state index contributed by atoms with van der Waals surface area (Å²) in [6.45, 7) is 4.97. The van der Waals surface area contributed by atoms with Gasteiger partial charge in [-0.3, -0.25) is 0 Å². The second-order valence-corrected chi connectivity index (χ2v) is 4.55. The maximum Gasteiger partial charge on any atom is 0.243 e. The number of allylic oxidation sites excluding steroid dienone is 1. The lowest BCUT2D eigenvalue weighted by Gasteiger charge is -2.06. The predicted molar refractivity (Wildman–Crippen MR) is 73.6 cm³/mol. The molecule has 0 aliphatic rings. The van der Waals surface area contributed by atoms with E-state index in [2.05, 4.69) is 57.9 Å². The van der Waals surface area contributed by atoms with Crippen molar-refractivity contribution >= 4 is 17.7 Å². The average molecular weight is 261 g/mol. The molecule has 18 heavy (non-hydrogen) atoms. The molecule has 0 amide bonds. The summed E-state index contributed by atoms with van der Waals surface area (Å²) in [5.41, 5.74) is 1.20. The molecule has 0 aliphatic carbocycles. The summed E-state index contributed by atoms with van der Waals surface area (Å²) >= 11 is 1.73. The second kappa shape index (κ2) is 6.20. The first-order valence-corrected chi connectivity index (χ1v) is 6.80. The first-order valence-electron chi connectivity index (χ1n) is 5.57. The number of nitrogens with one attached hydrogen (secondary N) is 1. The minimum Gasteiger partial charge on any atom is -0.349 e. The SMILES string of the molecule is C=CCn1nnnc1NCc1ccc(SC)cc1. The molecule has 1 aromatic carbocycles. The molecule has 0 aliphatic heterocycles. The van der Waals surface area contributed by atoms with Crippen LogP contribution in [0.1, 0.15) is 5.56 Å². The molecule has 1 N–H and O–H groups in total. The van der Waals surface area contributed by atoms with E-state index in [9.17, 15) is 0 Å². The summed E-state index contributed by atoms with van der Waals surface area (Å²) in [5.74, 6) is 0.656. The second-order valence-electron chi connectivity index (χ2n) is 3.67. The number of tetrazole rings is 1. The van der Waals surface area contributed by atoms with Crippen LogP contribution in [0.4, 0.5) is 5.95 Å². The van der Waals surface area contributed by atoms with Gasteiger partial charge in [-0.25, -0.2) is 4.68 Å². The summed E-state index contributed by atoms with van der Waals surface area (Å²) in [4.78, 5) is 1.26. The number of rotatable bonds is 6. The van der Waals surface area contributed by atoms with Crippen LogP contribution in [0.5, 0.6) is 0 Å². The molecule has 1 heterocycles. The Hall–Kier alpha value is -1.82. The van der Waals surface area contributed by atoms with Crippen LogP contribution in [0.15, 0.2) is 41.8 Å². The molecule has 0 fully saturated rings. The summed E-state index contributed by atoms with van der Waals surface area (Å²) in [6.07, 6.45) is 3.82. The van der Waals surface area contributed by atoms with Crippen LogP contribution in [0.2, 0.25) is 0 Å². The number of thioether (sulfide) groups is 1. The van der Waals surface area contributed by atoms with E-state index in [4.69, 9.17) is 0 Å². The molecule has 94 valence electrons. The van der Waals surface area contributed by atoms with Gasteiger partial charge in [-0.15, -0.1) is 18.3 Å². The Kier molecular flexibility index (Phi) is 4.35. The van der Waals surface area contributed by atoms with Crippen LogP contribution >= 0.6 is 11.8 Å². The molecule has 0 saturated heterocycles. The lowest BCUT2D eigenvalue weighted by atomic mass is 10.2. The Labute approximate surface area is 110 Å². The van der Waals surface area contributed by atoms with Crippen LogP contribution in [-0.4, -0.2) is 26.5 Å². The topological polar surface area (TPSA) is 55.6 Å². The number of hydrogen-bond acceptors (Lipinski definition) is 5. The van der Waals surface area contributed by atoms with Crippen molar-refractivity contribution in [2.45, 2.75) is 18.0 Å². The van der Waals surface area contributed by atoms with Crippen molar-refractivity contribution in [2.75, 3.05) is 11.6 Å². The zero-order valence-electron chi connectivity index (χ0n) is 10.2. The highest BCUT2D eigenvalue weighted by molar-refractivity contribution is 7.98. The van der Waals surface area contributed by atoms with Crippen molar-refractivity contribution in [3.8, 4) is 0 Å². The third-order valence-electron chi connectivity index (χ3n) is 2.44. The normalized spacial score (nSPS) is 10.3. The summed E-state index contributed by atoms with van der Waals surface area (Å²) in [5, 5.41) is 14.6. The van der Waals surface area contributed by atoms with Gasteiger partial charge in [-0.1, -0.05) is 23.3 Å². The standard InChI is InChI=1S/C12H15N5S/c1-3-8-17-12(14-15-16-17)13-9-10-4-6-11(18-2)7-5-10/h3-7H,1,8-9H2,2H3,(H,13,14,16). The highest BCUT2D eigenvalue weighted by Crippen LogP contribution is 2.15. The Morgan fingerprint density at radius 2 is 2.17 bits per heavy atom. The molecule has 0 saturated carbocycles. The highest BCUT2D eigenvalue weighted by atomic mass is 32.2. The molecule has 0 unspecified atom stereocenters. The van der Waals surface area contributed by atoms with Crippen molar-refractivity contribution in [1.29, 1.82) is 0 Å². The lowest BCUT2D eigenvalue weighted by Crippen LogP contribution is -2.08. The third-order valence-corrected chi connectivity index (χ3v) is 3.19. The molecule has 6 heteroatoms. The Balaban J connectivity index is 1.97. The van der Waals surface area contributed by atoms with E-state index in [0.29, 0.717) is 19.0 Å². The quantitative estimate of drug-likeness (QED) is 0.638. The molecular formula is C12H15N5S. The van der Waals surface area contributed by atoms with Gasteiger partial charge in [-0.2, -0.15) is 0 Å². The molecular weight excluding hydrogens is 246 g/mol. The first-order chi connectivity index (χ1) is 8.83. The zero-order valence-corrected chi connectivity index (χ0v) is 11.0. The Morgan fingerprint density at radius 1 is 1.39 bits per heavy atom. The number of nitrogens with zero attached hydrogens (tertiary/aromatic N) is 4. The van der Waals surface area contributed by atoms with Gasteiger partial charge in [0.1, 0.15) is 0 Å². The van der Waals surface area contributed by atoms with E-state index in [1.807, 2.05) is 0 Å². The summed E-state index contributed by atoms with van der Waals surface area (Å²) in [7, 11) is 0. The molecule has 1 aromatic heterocycles. The molecule has 0 atom stereocenters. The highest BCUT2D eigenvalue weighted by Gasteiger charge is 2.03. The summed E-state index contributed by atoms with van der Waals surface area (Å²) in [6, 6.07) is 8.41. The van der Waals surface area contributed by atoms with Gasteiger partial charge in [-0.05, 0) is 34.4 Å². The Morgan fingerprint density at radius 3 is 2.83 bits per heavy atom. The third kappa shape index (κ3) is 3.10.